The fourth-order valence-electron chi connectivity index (χ4n) is 1.87. The molecule has 21 heavy (non-hydrogen) atoms. The molecule has 0 unspecified atom stereocenters. The number of ether oxygens (including phenoxy) is 1. The Labute approximate surface area is 122 Å². The van der Waals surface area contributed by atoms with E-state index in [-0.39, 0.29) is 12.6 Å². The van der Waals surface area contributed by atoms with Crippen LogP contribution in [0, 0.1) is 0 Å². The molecule has 7 nitrogen and oxygen atoms in total. The van der Waals surface area contributed by atoms with Crippen LogP contribution >= 0.6 is 0 Å². The molecule has 0 saturated heterocycles. The number of nitrogens with one attached hydrogen (secondary N) is 1. The van der Waals surface area contributed by atoms with E-state index in [9.17, 15) is 4.79 Å². The third kappa shape index (κ3) is 4.03. The van der Waals surface area contributed by atoms with Gasteiger partial charge in [-0.3, -0.25) is 4.68 Å². The van der Waals surface area contributed by atoms with Crippen LogP contribution in [-0.4, -0.2) is 39.8 Å². The van der Waals surface area contributed by atoms with Crippen LogP contribution in [0.2, 0.25) is 0 Å². The second kappa shape index (κ2) is 7.39. The standard InChI is InChI=1S/C14H18N4O3/c1-21-14(20)12-5-2-3-6-13(12)15-9-11-10-18(17-16-11)7-4-8-19/h2-3,5-6,10,15,19H,4,7-9H2,1H3. The summed E-state index contributed by atoms with van der Waals surface area (Å²) in [6.45, 7) is 1.20. The van der Waals surface area contributed by atoms with E-state index >= 15 is 0 Å². The molecule has 0 spiro atoms. The summed E-state index contributed by atoms with van der Waals surface area (Å²) < 4.78 is 6.42. The number of esters is 1. The first-order chi connectivity index (χ1) is 10.2. The monoisotopic (exact) mass is 290 g/mol. The fraction of sp³-hybridized carbons (Fsp3) is 0.357. The van der Waals surface area contributed by atoms with Crippen molar-refractivity contribution in [3.63, 3.8) is 0 Å². The maximum Gasteiger partial charge on any atom is 0.339 e. The molecule has 0 bridgehead atoms. The van der Waals surface area contributed by atoms with E-state index in [1.54, 1.807) is 16.8 Å². The Kier molecular flexibility index (Phi) is 5.28. The van der Waals surface area contributed by atoms with Gasteiger partial charge < -0.3 is 15.2 Å². The highest BCUT2D eigenvalue weighted by Gasteiger charge is 2.11. The molecule has 2 rings (SSSR count). The molecule has 1 aromatic heterocycles. The minimum Gasteiger partial charge on any atom is -0.465 e. The summed E-state index contributed by atoms with van der Waals surface area (Å²) in [6.07, 6.45) is 2.45. The molecule has 112 valence electrons. The van der Waals surface area contributed by atoms with Gasteiger partial charge in [0.15, 0.2) is 0 Å². The zero-order chi connectivity index (χ0) is 15.1. The van der Waals surface area contributed by atoms with Gasteiger partial charge in [-0.2, -0.15) is 0 Å². The highest BCUT2D eigenvalue weighted by Crippen LogP contribution is 2.16. The normalized spacial score (nSPS) is 10.4. The Hall–Kier alpha value is -2.41. The number of carbonyl (C=O) groups is 1. The minimum absolute atomic E-state index is 0.125. The van der Waals surface area contributed by atoms with E-state index in [0.29, 0.717) is 30.8 Å². The van der Waals surface area contributed by atoms with Crippen molar-refractivity contribution in [1.29, 1.82) is 0 Å². The number of methoxy groups -OCH3 is 1. The number of aliphatic hydroxyl groups is 1. The number of hydrogen-bond donors (Lipinski definition) is 2. The summed E-state index contributed by atoms with van der Waals surface area (Å²) >= 11 is 0. The van der Waals surface area contributed by atoms with Crippen LogP contribution < -0.4 is 5.32 Å². The highest BCUT2D eigenvalue weighted by molar-refractivity contribution is 5.95. The Morgan fingerprint density at radius 2 is 2.24 bits per heavy atom. The van der Waals surface area contributed by atoms with Crippen LogP contribution in [0.15, 0.2) is 30.5 Å². The summed E-state index contributed by atoms with van der Waals surface area (Å²) in [5.74, 6) is -0.385. The number of anilines is 1. The first-order valence-corrected chi connectivity index (χ1v) is 6.65. The Balaban J connectivity index is 2.00. The first kappa shape index (κ1) is 15.0. The predicted molar refractivity (Wildman–Crippen MR) is 76.8 cm³/mol. The zero-order valence-corrected chi connectivity index (χ0v) is 11.8. The van der Waals surface area contributed by atoms with Gasteiger partial charge in [-0.15, -0.1) is 5.10 Å². The van der Waals surface area contributed by atoms with Gasteiger partial charge >= 0.3 is 5.97 Å². The summed E-state index contributed by atoms with van der Waals surface area (Å²) in [7, 11) is 1.35. The maximum absolute atomic E-state index is 11.6. The molecule has 0 aliphatic carbocycles. The molecule has 0 aliphatic rings. The van der Waals surface area contributed by atoms with E-state index in [2.05, 4.69) is 15.6 Å². The number of hydrogen-bond acceptors (Lipinski definition) is 6. The average Bonchev–Trinajstić information content (AvgIpc) is 2.98. The number of benzene rings is 1. The van der Waals surface area contributed by atoms with Crippen molar-refractivity contribution in [2.75, 3.05) is 19.0 Å². The van der Waals surface area contributed by atoms with Crippen molar-refractivity contribution in [3.8, 4) is 0 Å². The molecule has 0 radical (unpaired) electrons. The van der Waals surface area contributed by atoms with Gasteiger partial charge in [0.05, 0.1) is 25.4 Å². The Morgan fingerprint density at radius 1 is 1.43 bits per heavy atom. The van der Waals surface area contributed by atoms with Crippen LogP contribution in [0.1, 0.15) is 22.5 Å². The summed E-state index contributed by atoms with van der Waals surface area (Å²) in [5, 5.41) is 19.9. The molecule has 0 atom stereocenters. The predicted octanol–water partition coefficient (Wildman–Crippen LogP) is 1.06. The number of aryl methyl sites for hydroxylation is 1. The molecule has 2 N–H and O–H groups in total. The highest BCUT2D eigenvalue weighted by atomic mass is 16.5. The Morgan fingerprint density at radius 3 is 3.00 bits per heavy atom. The lowest BCUT2D eigenvalue weighted by atomic mass is 10.2. The molecule has 0 amide bonds. The van der Waals surface area contributed by atoms with Crippen molar-refractivity contribution in [3.05, 3.63) is 41.7 Å². The van der Waals surface area contributed by atoms with Gasteiger partial charge in [0.2, 0.25) is 0 Å². The molecule has 2 aromatic rings. The van der Waals surface area contributed by atoms with Gasteiger partial charge in [-0.05, 0) is 18.6 Å². The minimum atomic E-state index is -0.385. The Bertz CT molecular complexity index is 597. The number of aliphatic hydroxyl groups excluding tert-OH is 1. The number of rotatable bonds is 7. The largest absolute Gasteiger partial charge is 0.465 e. The summed E-state index contributed by atoms with van der Waals surface area (Å²) in [4.78, 5) is 11.6. The van der Waals surface area contributed by atoms with Crippen LogP contribution in [-0.2, 0) is 17.8 Å². The first-order valence-electron chi connectivity index (χ1n) is 6.65. The van der Waals surface area contributed by atoms with E-state index in [0.717, 1.165) is 5.69 Å². The third-order valence-electron chi connectivity index (χ3n) is 2.92. The van der Waals surface area contributed by atoms with Crippen LogP contribution in [0.3, 0.4) is 0 Å². The van der Waals surface area contributed by atoms with Crippen LogP contribution in [0.5, 0.6) is 0 Å². The van der Waals surface area contributed by atoms with Crippen LogP contribution in [0.25, 0.3) is 0 Å². The number of carbonyl (C=O) groups excluding carboxylic acids is 1. The summed E-state index contributed by atoms with van der Waals surface area (Å²) in [5.41, 5.74) is 1.93. The maximum atomic E-state index is 11.6. The molecule has 7 heteroatoms. The van der Waals surface area contributed by atoms with E-state index in [4.69, 9.17) is 9.84 Å². The van der Waals surface area contributed by atoms with E-state index in [1.165, 1.54) is 7.11 Å². The van der Waals surface area contributed by atoms with Crippen molar-refractivity contribution in [2.45, 2.75) is 19.5 Å². The molecule has 0 aliphatic heterocycles. The van der Waals surface area contributed by atoms with Gasteiger partial charge in [-0.25, -0.2) is 4.79 Å². The van der Waals surface area contributed by atoms with Crippen molar-refractivity contribution in [2.24, 2.45) is 0 Å². The number of aromatic nitrogens is 3. The summed E-state index contributed by atoms with van der Waals surface area (Å²) in [6, 6.07) is 7.13. The van der Waals surface area contributed by atoms with Gasteiger partial charge in [0, 0.05) is 18.8 Å². The van der Waals surface area contributed by atoms with Gasteiger partial charge in [0.25, 0.3) is 0 Å². The SMILES string of the molecule is COC(=O)c1ccccc1NCc1cn(CCCO)nn1. The second-order valence-corrected chi connectivity index (χ2v) is 4.44. The molecule has 1 aromatic carbocycles. The number of nitrogens with zero attached hydrogens (tertiary/aromatic N) is 3. The zero-order valence-electron chi connectivity index (χ0n) is 11.8. The van der Waals surface area contributed by atoms with Crippen molar-refractivity contribution in [1.82, 2.24) is 15.0 Å². The lowest BCUT2D eigenvalue weighted by molar-refractivity contribution is 0.0602. The molecule has 0 saturated carbocycles. The molecular weight excluding hydrogens is 272 g/mol. The topological polar surface area (TPSA) is 89.3 Å². The smallest absolute Gasteiger partial charge is 0.339 e. The number of para-hydroxylation sites is 1. The van der Waals surface area contributed by atoms with Crippen molar-refractivity contribution >= 4 is 11.7 Å². The quantitative estimate of drug-likeness (QED) is 0.741. The fourth-order valence-corrected chi connectivity index (χ4v) is 1.87. The van der Waals surface area contributed by atoms with E-state index < -0.39 is 0 Å². The lowest BCUT2D eigenvalue weighted by Gasteiger charge is -2.09. The molecule has 1 heterocycles. The molecule has 0 fully saturated rings. The average molecular weight is 290 g/mol. The third-order valence-corrected chi connectivity index (χ3v) is 2.92. The van der Waals surface area contributed by atoms with Gasteiger partial charge in [0.1, 0.15) is 5.69 Å². The molecular formula is C14H18N4O3. The van der Waals surface area contributed by atoms with Gasteiger partial charge in [-0.1, -0.05) is 17.3 Å². The van der Waals surface area contributed by atoms with Crippen LogP contribution in [0.4, 0.5) is 5.69 Å². The second-order valence-electron chi connectivity index (χ2n) is 4.44. The lowest BCUT2D eigenvalue weighted by Crippen LogP contribution is -2.08. The van der Waals surface area contributed by atoms with E-state index in [1.807, 2.05) is 18.3 Å². The van der Waals surface area contributed by atoms with Crippen molar-refractivity contribution < 1.29 is 14.6 Å².